The van der Waals surface area contributed by atoms with Gasteiger partial charge in [-0.2, -0.15) is 0 Å². The number of carbonyl (C=O) groups is 1. The first-order valence-corrected chi connectivity index (χ1v) is 11.1. The number of aliphatic hydroxyl groups is 1. The van der Waals surface area contributed by atoms with Gasteiger partial charge in [0.15, 0.2) is 5.82 Å². The molecule has 4 rings (SSSR count). The largest absolute Gasteiger partial charge is 0.392 e. The highest BCUT2D eigenvalue weighted by Crippen LogP contribution is 2.39. The Hall–Kier alpha value is -2.27. The molecule has 2 aliphatic carbocycles. The van der Waals surface area contributed by atoms with E-state index in [2.05, 4.69) is 17.4 Å². The molecule has 1 aromatic carbocycles. The number of aryl methyl sites for hydroxylation is 2. The van der Waals surface area contributed by atoms with Gasteiger partial charge in [0.2, 0.25) is 5.91 Å². The number of benzene rings is 1. The van der Waals surface area contributed by atoms with Crippen LogP contribution in [0, 0.1) is 5.92 Å². The fourth-order valence-electron chi connectivity index (χ4n) is 4.49. The second-order valence-corrected chi connectivity index (χ2v) is 8.54. The Morgan fingerprint density at radius 1 is 1.21 bits per heavy atom. The minimum Gasteiger partial charge on any atom is -0.392 e. The van der Waals surface area contributed by atoms with E-state index in [1.54, 1.807) is 0 Å². The maximum atomic E-state index is 12.6. The molecule has 0 aliphatic heterocycles. The van der Waals surface area contributed by atoms with Crippen LogP contribution in [-0.2, 0) is 24.2 Å². The Labute approximate surface area is 173 Å². The number of aliphatic hydroxyl groups excluding tert-OH is 1. The lowest BCUT2D eigenvalue weighted by Gasteiger charge is -2.27. The molecule has 1 atom stereocenters. The number of rotatable bonds is 5. The van der Waals surface area contributed by atoms with E-state index in [4.69, 9.17) is 9.97 Å². The summed E-state index contributed by atoms with van der Waals surface area (Å²) in [6.45, 7) is 4.04. The lowest BCUT2D eigenvalue weighted by atomic mass is 9.85. The summed E-state index contributed by atoms with van der Waals surface area (Å²) in [6.07, 6.45) is 8.40. The second kappa shape index (κ2) is 8.62. The standard InChI is InChI=1S/C24H31N3O2/c1-3-15(2)24(29)27-23-21(17-7-5-4-6-8-17)26-22-19-11-9-16(14-28)13-18(19)10-12-20(22)25-23/h9,11,13,15,17,28H,3-8,10,12,14H2,1-2H3,(H,25,27,29). The molecule has 5 nitrogen and oxygen atoms in total. The number of hydrogen-bond donors (Lipinski definition) is 2. The third kappa shape index (κ3) is 4.06. The summed E-state index contributed by atoms with van der Waals surface area (Å²) in [6, 6.07) is 6.11. The maximum absolute atomic E-state index is 12.6. The number of amides is 1. The molecule has 1 saturated carbocycles. The molecule has 2 aromatic rings. The normalized spacial score (nSPS) is 17.3. The lowest BCUT2D eigenvalue weighted by molar-refractivity contribution is -0.119. The van der Waals surface area contributed by atoms with Gasteiger partial charge < -0.3 is 10.4 Å². The molecule has 1 fully saturated rings. The third-order valence-electron chi connectivity index (χ3n) is 6.53. The molecule has 0 saturated heterocycles. The summed E-state index contributed by atoms with van der Waals surface area (Å²) in [5, 5.41) is 12.6. The van der Waals surface area contributed by atoms with E-state index in [0.29, 0.717) is 11.7 Å². The van der Waals surface area contributed by atoms with E-state index in [0.717, 1.165) is 60.3 Å². The molecule has 5 heteroatoms. The summed E-state index contributed by atoms with van der Waals surface area (Å²) in [7, 11) is 0. The van der Waals surface area contributed by atoms with E-state index in [-0.39, 0.29) is 18.4 Å². The minimum absolute atomic E-state index is 0.0302. The van der Waals surface area contributed by atoms with Crippen molar-refractivity contribution in [2.75, 3.05) is 5.32 Å². The van der Waals surface area contributed by atoms with Crippen molar-refractivity contribution in [2.45, 2.75) is 77.7 Å². The van der Waals surface area contributed by atoms with Gasteiger partial charge >= 0.3 is 0 Å². The van der Waals surface area contributed by atoms with Crippen molar-refractivity contribution >= 4 is 11.7 Å². The Kier molecular flexibility index (Phi) is 5.95. The van der Waals surface area contributed by atoms with Crippen LogP contribution in [0.1, 0.15) is 80.8 Å². The van der Waals surface area contributed by atoms with E-state index in [1.165, 1.54) is 24.8 Å². The van der Waals surface area contributed by atoms with E-state index in [1.807, 2.05) is 19.9 Å². The van der Waals surface area contributed by atoms with Gasteiger partial charge in [-0.1, -0.05) is 51.3 Å². The lowest BCUT2D eigenvalue weighted by Crippen LogP contribution is -2.24. The van der Waals surface area contributed by atoms with Gasteiger partial charge in [-0.15, -0.1) is 0 Å². The summed E-state index contributed by atoms with van der Waals surface area (Å²) in [5.41, 5.74) is 6.16. The van der Waals surface area contributed by atoms with Crippen LogP contribution in [-0.4, -0.2) is 21.0 Å². The Morgan fingerprint density at radius 3 is 2.72 bits per heavy atom. The molecule has 1 amide bonds. The number of aromatic nitrogens is 2. The monoisotopic (exact) mass is 393 g/mol. The van der Waals surface area contributed by atoms with Crippen LogP contribution >= 0.6 is 0 Å². The molecule has 154 valence electrons. The highest BCUT2D eigenvalue weighted by atomic mass is 16.3. The SMILES string of the molecule is CCC(C)C(=O)Nc1nc2c(nc1C1CCCCC1)-c1ccc(CO)cc1CC2. The first-order chi connectivity index (χ1) is 14.1. The van der Waals surface area contributed by atoms with Crippen molar-refractivity contribution in [3.8, 4) is 11.3 Å². The molecule has 0 radical (unpaired) electrons. The Bertz CT molecular complexity index is 903. The number of nitrogens with one attached hydrogen (secondary N) is 1. The van der Waals surface area contributed by atoms with Gasteiger partial charge in [0.05, 0.1) is 23.7 Å². The zero-order chi connectivity index (χ0) is 20.4. The predicted molar refractivity (Wildman–Crippen MR) is 115 cm³/mol. The fourth-order valence-corrected chi connectivity index (χ4v) is 4.49. The smallest absolute Gasteiger partial charge is 0.228 e. The number of hydrogen-bond acceptors (Lipinski definition) is 4. The van der Waals surface area contributed by atoms with Gasteiger partial charge in [0.1, 0.15) is 0 Å². The number of nitrogens with zero attached hydrogens (tertiary/aromatic N) is 2. The number of fused-ring (bicyclic) bond motifs is 3. The predicted octanol–water partition coefficient (Wildman–Crippen LogP) is 4.77. The number of carbonyl (C=O) groups excluding carboxylic acids is 1. The van der Waals surface area contributed by atoms with Crippen LogP contribution < -0.4 is 5.32 Å². The first-order valence-electron chi connectivity index (χ1n) is 11.1. The van der Waals surface area contributed by atoms with Gasteiger partial charge in [-0.05, 0) is 43.2 Å². The van der Waals surface area contributed by atoms with Crippen molar-refractivity contribution in [2.24, 2.45) is 5.92 Å². The zero-order valence-corrected chi connectivity index (χ0v) is 17.5. The van der Waals surface area contributed by atoms with Crippen molar-refractivity contribution in [3.05, 3.63) is 40.7 Å². The van der Waals surface area contributed by atoms with Crippen LogP contribution in [0.2, 0.25) is 0 Å². The highest BCUT2D eigenvalue weighted by molar-refractivity contribution is 5.92. The fraction of sp³-hybridized carbons (Fsp3) is 0.542. The quantitative estimate of drug-likeness (QED) is 0.767. The van der Waals surface area contributed by atoms with E-state index >= 15 is 0 Å². The van der Waals surface area contributed by atoms with Crippen molar-refractivity contribution < 1.29 is 9.90 Å². The average molecular weight is 394 g/mol. The van der Waals surface area contributed by atoms with E-state index in [9.17, 15) is 9.90 Å². The highest BCUT2D eigenvalue weighted by Gasteiger charge is 2.27. The Balaban J connectivity index is 1.77. The maximum Gasteiger partial charge on any atom is 0.228 e. The third-order valence-corrected chi connectivity index (χ3v) is 6.53. The molecule has 1 aromatic heterocycles. The topological polar surface area (TPSA) is 75.1 Å². The van der Waals surface area contributed by atoms with Crippen LogP contribution in [0.3, 0.4) is 0 Å². The molecule has 1 unspecified atom stereocenters. The van der Waals surface area contributed by atoms with Gasteiger partial charge in [-0.3, -0.25) is 4.79 Å². The van der Waals surface area contributed by atoms with Crippen molar-refractivity contribution in [1.82, 2.24) is 9.97 Å². The summed E-state index contributed by atoms with van der Waals surface area (Å²) in [5.74, 6) is 1.03. The van der Waals surface area contributed by atoms with Gasteiger partial charge in [-0.25, -0.2) is 9.97 Å². The van der Waals surface area contributed by atoms with Crippen LogP contribution in [0.5, 0.6) is 0 Å². The molecule has 0 bridgehead atoms. The second-order valence-electron chi connectivity index (χ2n) is 8.54. The van der Waals surface area contributed by atoms with Crippen LogP contribution in [0.15, 0.2) is 18.2 Å². The van der Waals surface area contributed by atoms with Gasteiger partial charge in [0.25, 0.3) is 0 Å². The first kappa shape index (κ1) is 20.0. The molecule has 1 heterocycles. The molecule has 2 N–H and O–H groups in total. The van der Waals surface area contributed by atoms with Crippen LogP contribution in [0.4, 0.5) is 5.82 Å². The van der Waals surface area contributed by atoms with Crippen molar-refractivity contribution in [1.29, 1.82) is 0 Å². The van der Waals surface area contributed by atoms with Gasteiger partial charge in [0, 0.05) is 17.4 Å². The summed E-state index contributed by atoms with van der Waals surface area (Å²) >= 11 is 0. The average Bonchev–Trinajstić information content (AvgIpc) is 2.77. The van der Waals surface area contributed by atoms with Crippen LogP contribution in [0.25, 0.3) is 11.3 Å². The molecular weight excluding hydrogens is 362 g/mol. The molecular formula is C24H31N3O2. The molecule has 29 heavy (non-hydrogen) atoms. The summed E-state index contributed by atoms with van der Waals surface area (Å²) < 4.78 is 0. The molecule has 2 aliphatic rings. The summed E-state index contributed by atoms with van der Waals surface area (Å²) in [4.78, 5) is 22.7. The van der Waals surface area contributed by atoms with E-state index < -0.39 is 0 Å². The Morgan fingerprint density at radius 2 is 2.00 bits per heavy atom. The molecule has 0 spiro atoms. The van der Waals surface area contributed by atoms with Crippen molar-refractivity contribution in [3.63, 3.8) is 0 Å². The minimum atomic E-state index is -0.0373. The zero-order valence-electron chi connectivity index (χ0n) is 17.5. The number of anilines is 1.